The number of rotatable bonds is 9. The SMILES string of the molecule is CCNc1cc(C(=O)NCCCCSC)cc(C(C)C)n1. The summed E-state index contributed by atoms with van der Waals surface area (Å²) in [6.45, 7) is 7.72. The number of anilines is 1. The van der Waals surface area contributed by atoms with Crippen molar-refractivity contribution in [2.24, 2.45) is 0 Å². The number of carbonyl (C=O) groups excluding carboxylic acids is 1. The molecule has 5 heteroatoms. The minimum atomic E-state index is -0.0115. The van der Waals surface area contributed by atoms with Gasteiger partial charge in [-0.3, -0.25) is 4.79 Å². The summed E-state index contributed by atoms with van der Waals surface area (Å²) in [5, 5.41) is 6.18. The van der Waals surface area contributed by atoms with Crippen LogP contribution in [0.1, 0.15) is 55.6 Å². The van der Waals surface area contributed by atoms with Crippen molar-refractivity contribution < 1.29 is 4.79 Å². The van der Waals surface area contributed by atoms with Gasteiger partial charge in [-0.2, -0.15) is 11.8 Å². The van der Waals surface area contributed by atoms with Crippen LogP contribution in [-0.2, 0) is 0 Å². The molecule has 4 nitrogen and oxygen atoms in total. The monoisotopic (exact) mass is 309 g/mol. The van der Waals surface area contributed by atoms with Crippen molar-refractivity contribution in [2.75, 3.05) is 30.4 Å². The van der Waals surface area contributed by atoms with Crippen molar-refractivity contribution in [3.05, 3.63) is 23.4 Å². The smallest absolute Gasteiger partial charge is 0.251 e. The molecule has 2 N–H and O–H groups in total. The topological polar surface area (TPSA) is 54.0 Å². The van der Waals surface area contributed by atoms with Crippen LogP contribution in [0.15, 0.2) is 12.1 Å². The van der Waals surface area contributed by atoms with Crippen molar-refractivity contribution in [3.63, 3.8) is 0 Å². The van der Waals surface area contributed by atoms with Crippen molar-refractivity contribution in [1.29, 1.82) is 0 Å². The first-order chi connectivity index (χ1) is 10.1. The summed E-state index contributed by atoms with van der Waals surface area (Å²) in [6, 6.07) is 3.72. The lowest BCUT2D eigenvalue weighted by Crippen LogP contribution is -2.25. The Morgan fingerprint density at radius 1 is 1.33 bits per heavy atom. The maximum atomic E-state index is 12.2. The first kappa shape index (κ1) is 17.8. The van der Waals surface area contributed by atoms with Crippen LogP contribution >= 0.6 is 11.8 Å². The third-order valence-corrected chi connectivity index (χ3v) is 3.81. The Morgan fingerprint density at radius 2 is 2.10 bits per heavy atom. The van der Waals surface area contributed by atoms with Crippen LogP contribution in [0.25, 0.3) is 0 Å². The van der Waals surface area contributed by atoms with Crippen molar-refractivity contribution in [3.8, 4) is 0 Å². The molecule has 0 aliphatic rings. The van der Waals surface area contributed by atoms with Gasteiger partial charge in [-0.15, -0.1) is 0 Å². The van der Waals surface area contributed by atoms with Crippen molar-refractivity contribution >= 4 is 23.5 Å². The van der Waals surface area contributed by atoms with Crippen LogP contribution in [-0.4, -0.2) is 36.0 Å². The Hall–Kier alpha value is -1.23. The van der Waals surface area contributed by atoms with E-state index in [-0.39, 0.29) is 5.91 Å². The third kappa shape index (κ3) is 6.38. The number of nitrogens with zero attached hydrogens (tertiary/aromatic N) is 1. The number of pyridine rings is 1. The second-order valence-corrected chi connectivity index (χ2v) is 6.29. The Balaban J connectivity index is 2.68. The molecular weight excluding hydrogens is 282 g/mol. The van der Waals surface area contributed by atoms with Crippen LogP contribution in [0.5, 0.6) is 0 Å². The van der Waals surface area contributed by atoms with Crippen molar-refractivity contribution in [2.45, 2.75) is 39.5 Å². The van der Waals surface area contributed by atoms with Gasteiger partial charge in [-0.25, -0.2) is 4.98 Å². The highest BCUT2D eigenvalue weighted by atomic mass is 32.2. The van der Waals surface area contributed by atoms with E-state index in [1.165, 1.54) is 0 Å². The van der Waals surface area contributed by atoms with Crippen molar-refractivity contribution in [1.82, 2.24) is 10.3 Å². The summed E-state index contributed by atoms with van der Waals surface area (Å²) in [5.41, 5.74) is 1.63. The molecule has 0 unspecified atom stereocenters. The van der Waals surface area contributed by atoms with E-state index in [4.69, 9.17) is 0 Å². The summed E-state index contributed by atoms with van der Waals surface area (Å²) in [5.74, 6) is 2.21. The second-order valence-electron chi connectivity index (χ2n) is 5.31. The molecule has 21 heavy (non-hydrogen) atoms. The number of hydrogen-bond donors (Lipinski definition) is 2. The fourth-order valence-corrected chi connectivity index (χ4v) is 2.42. The molecule has 0 aliphatic carbocycles. The standard InChI is InChI=1S/C16H27N3OS/c1-5-17-15-11-13(10-14(19-15)12(2)3)16(20)18-8-6-7-9-21-4/h10-12H,5-9H2,1-4H3,(H,17,19)(H,18,20). The zero-order valence-corrected chi connectivity index (χ0v) is 14.3. The van der Waals surface area contributed by atoms with Crippen LogP contribution in [0.4, 0.5) is 5.82 Å². The molecule has 1 rings (SSSR count). The fraction of sp³-hybridized carbons (Fsp3) is 0.625. The fourth-order valence-electron chi connectivity index (χ4n) is 1.93. The van der Waals surface area contributed by atoms with Crippen LogP contribution in [0.3, 0.4) is 0 Å². The first-order valence-electron chi connectivity index (χ1n) is 7.61. The summed E-state index contributed by atoms with van der Waals surface area (Å²) in [6.07, 6.45) is 4.26. The van der Waals surface area contributed by atoms with E-state index in [9.17, 15) is 4.79 Å². The van der Waals surface area contributed by atoms with Gasteiger partial charge in [-0.1, -0.05) is 13.8 Å². The molecule has 1 aromatic heterocycles. The molecule has 0 fully saturated rings. The molecule has 0 saturated heterocycles. The molecule has 118 valence electrons. The summed E-state index contributed by atoms with van der Waals surface area (Å²) < 4.78 is 0. The number of carbonyl (C=O) groups is 1. The molecule has 0 atom stereocenters. The normalized spacial score (nSPS) is 10.7. The highest BCUT2D eigenvalue weighted by Crippen LogP contribution is 2.17. The minimum Gasteiger partial charge on any atom is -0.370 e. The zero-order valence-electron chi connectivity index (χ0n) is 13.5. The number of nitrogens with one attached hydrogen (secondary N) is 2. The summed E-state index contributed by atoms with van der Waals surface area (Å²) in [4.78, 5) is 16.8. The van der Waals surface area contributed by atoms with Crippen LogP contribution < -0.4 is 10.6 Å². The van der Waals surface area contributed by atoms with E-state index >= 15 is 0 Å². The van der Waals surface area contributed by atoms with E-state index in [0.29, 0.717) is 11.5 Å². The molecule has 0 aromatic carbocycles. The molecule has 0 spiro atoms. The van der Waals surface area contributed by atoms with Gasteiger partial charge in [0, 0.05) is 24.3 Å². The van der Waals surface area contributed by atoms with Gasteiger partial charge >= 0.3 is 0 Å². The first-order valence-corrected chi connectivity index (χ1v) is 9.00. The predicted molar refractivity (Wildman–Crippen MR) is 92.4 cm³/mol. The maximum absolute atomic E-state index is 12.2. The van der Waals surface area contributed by atoms with E-state index in [0.717, 1.165) is 43.2 Å². The number of unbranched alkanes of at least 4 members (excludes halogenated alkanes) is 1. The maximum Gasteiger partial charge on any atom is 0.251 e. The van der Waals surface area contributed by atoms with Gasteiger partial charge in [-0.05, 0) is 49.8 Å². The van der Waals surface area contributed by atoms with E-state index in [1.54, 1.807) is 0 Å². The number of thioether (sulfide) groups is 1. The Labute approximate surface area is 132 Å². The summed E-state index contributed by atoms with van der Waals surface area (Å²) >= 11 is 1.84. The highest BCUT2D eigenvalue weighted by molar-refractivity contribution is 7.98. The lowest BCUT2D eigenvalue weighted by atomic mass is 10.1. The lowest BCUT2D eigenvalue weighted by Gasteiger charge is -2.12. The van der Waals surface area contributed by atoms with E-state index in [1.807, 2.05) is 30.8 Å². The summed E-state index contributed by atoms with van der Waals surface area (Å²) in [7, 11) is 0. The molecule has 0 saturated carbocycles. The number of amides is 1. The van der Waals surface area contributed by atoms with Gasteiger partial charge in [0.15, 0.2) is 0 Å². The minimum absolute atomic E-state index is 0.0115. The second kappa shape index (κ2) is 9.66. The molecular formula is C16H27N3OS. The molecule has 0 bridgehead atoms. The molecule has 0 radical (unpaired) electrons. The zero-order chi connectivity index (χ0) is 15.7. The largest absolute Gasteiger partial charge is 0.370 e. The Morgan fingerprint density at radius 3 is 2.71 bits per heavy atom. The number of aromatic nitrogens is 1. The van der Waals surface area contributed by atoms with Gasteiger partial charge in [0.05, 0.1) is 0 Å². The average Bonchev–Trinajstić information content (AvgIpc) is 2.46. The van der Waals surface area contributed by atoms with Crippen LogP contribution in [0.2, 0.25) is 0 Å². The Bertz CT molecular complexity index is 449. The van der Waals surface area contributed by atoms with E-state index in [2.05, 4.69) is 35.7 Å². The van der Waals surface area contributed by atoms with Gasteiger partial charge in [0.2, 0.25) is 0 Å². The van der Waals surface area contributed by atoms with Gasteiger partial charge < -0.3 is 10.6 Å². The lowest BCUT2D eigenvalue weighted by molar-refractivity contribution is 0.0953. The molecule has 1 amide bonds. The average molecular weight is 309 g/mol. The predicted octanol–water partition coefficient (Wildman–Crippen LogP) is 3.51. The Kier molecular flexibility index (Phi) is 8.20. The highest BCUT2D eigenvalue weighted by Gasteiger charge is 2.11. The number of hydrogen-bond acceptors (Lipinski definition) is 4. The van der Waals surface area contributed by atoms with E-state index < -0.39 is 0 Å². The van der Waals surface area contributed by atoms with Gasteiger partial charge in [0.25, 0.3) is 5.91 Å². The third-order valence-electron chi connectivity index (χ3n) is 3.12. The van der Waals surface area contributed by atoms with Crippen LogP contribution in [0, 0.1) is 0 Å². The van der Waals surface area contributed by atoms with Gasteiger partial charge in [0.1, 0.15) is 5.82 Å². The molecule has 1 aromatic rings. The molecule has 0 aliphatic heterocycles. The molecule has 1 heterocycles. The quantitative estimate of drug-likeness (QED) is 0.685.